The molecule has 1 heterocycles. The number of nitrogens with one attached hydrogen (secondary N) is 2. The third-order valence-corrected chi connectivity index (χ3v) is 3.03. The third kappa shape index (κ3) is 4.10. The summed E-state index contributed by atoms with van der Waals surface area (Å²) >= 11 is 3.34. The van der Waals surface area contributed by atoms with Crippen molar-refractivity contribution in [2.45, 2.75) is 19.6 Å². The summed E-state index contributed by atoms with van der Waals surface area (Å²) in [6.45, 7) is 2.12. The van der Waals surface area contributed by atoms with E-state index in [4.69, 9.17) is 4.74 Å². The molecule has 0 radical (unpaired) electrons. The molecule has 1 aromatic heterocycles. The Hall–Kier alpha value is -1.82. The van der Waals surface area contributed by atoms with Crippen LogP contribution in [0.3, 0.4) is 0 Å². The summed E-state index contributed by atoms with van der Waals surface area (Å²) in [4.78, 5) is 18.6. The van der Waals surface area contributed by atoms with E-state index in [1.54, 1.807) is 19.4 Å². The molecule has 2 N–H and O–H groups in total. The maximum atomic E-state index is 11.8. The zero-order chi connectivity index (χ0) is 13.7. The van der Waals surface area contributed by atoms with Crippen LogP contribution < -0.4 is 10.1 Å². The van der Waals surface area contributed by atoms with Gasteiger partial charge in [0.05, 0.1) is 18.6 Å². The van der Waals surface area contributed by atoms with Crippen molar-refractivity contribution in [2.75, 3.05) is 0 Å². The number of benzene rings is 1. The van der Waals surface area contributed by atoms with E-state index in [-0.39, 0.29) is 5.91 Å². The number of aromatic nitrogens is 2. The fourth-order valence-electron chi connectivity index (χ4n) is 1.48. The Labute approximate surface area is 119 Å². The molecule has 1 atom stereocenters. The van der Waals surface area contributed by atoms with Crippen molar-refractivity contribution in [1.29, 1.82) is 0 Å². The Morgan fingerprint density at radius 2 is 2.21 bits per heavy atom. The van der Waals surface area contributed by atoms with Crippen LogP contribution in [0.25, 0.3) is 0 Å². The lowest BCUT2D eigenvalue weighted by molar-refractivity contribution is -0.127. The van der Waals surface area contributed by atoms with Crippen molar-refractivity contribution in [3.63, 3.8) is 0 Å². The van der Waals surface area contributed by atoms with Crippen LogP contribution in [-0.2, 0) is 11.3 Å². The molecule has 0 saturated carbocycles. The molecule has 0 aliphatic carbocycles. The van der Waals surface area contributed by atoms with Gasteiger partial charge in [0.15, 0.2) is 6.10 Å². The van der Waals surface area contributed by atoms with Gasteiger partial charge < -0.3 is 15.0 Å². The normalized spacial score (nSPS) is 11.9. The second kappa shape index (κ2) is 6.38. The Morgan fingerprint density at radius 1 is 1.47 bits per heavy atom. The Balaban J connectivity index is 1.83. The molecular weight excluding hydrogens is 310 g/mol. The first-order valence-electron chi connectivity index (χ1n) is 5.82. The highest BCUT2D eigenvalue weighted by atomic mass is 79.9. The molecule has 6 heteroatoms. The number of hydrogen-bond acceptors (Lipinski definition) is 3. The predicted octanol–water partition coefficient (Wildman–Crippen LogP) is 2.26. The lowest BCUT2D eigenvalue weighted by Crippen LogP contribution is -2.35. The molecule has 0 fully saturated rings. The molecular formula is C13H14BrN3O2. The highest BCUT2D eigenvalue weighted by Crippen LogP contribution is 2.17. The number of carbonyl (C=O) groups is 1. The van der Waals surface area contributed by atoms with Crippen molar-refractivity contribution in [3.8, 4) is 5.75 Å². The fraction of sp³-hybridized carbons (Fsp3) is 0.231. The zero-order valence-electron chi connectivity index (χ0n) is 10.4. The smallest absolute Gasteiger partial charge is 0.261 e. The van der Waals surface area contributed by atoms with Gasteiger partial charge in [-0.05, 0) is 31.2 Å². The van der Waals surface area contributed by atoms with E-state index >= 15 is 0 Å². The van der Waals surface area contributed by atoms with Crippen LogP contribution in [0.1, 0.15) is 12.6 Å². The second-order valence-corrected chi connectivity index (χ2v) is 4.92. The van der Waals surface area contributed by atoms with Crippen LogP contribution in [0.5, 0.6) is 5.75 Å². The summed E-state index contributed by atoms with van der Waals surface area (Å²) in [5, 5.41) is 2.77. The fourth-order valence-corrected chi connectivity index (χ4v) is 1.74. The molecule has 0 saturated heterocycles. The Bertz CT molecular complexity index is 525. The number of rotatable bonds is 5. The minimum absolute atomic E-state index is 0.169. The minimum atomic E-state index is -0.552. The van der Waals surface area contributed by atoms with Crippen molar-refractivity contribution >= 4 is 21.8 Å². The van der Waals surface area contributed by atoms with E-state index in [0.717, 1.165) is 10.2 Å². The summed E-state index contributed by atoms with van der Waals surface area (Å²) in [5.74, 6) is 0.491. The largest absolute Gasteiger partial charge is 0.481 e. The molecule has 1 aromatic carbocycles. The summed E-state index contributed by atoms with van der Waals surface area (Å²) in [6.07, 6.45) is 2.69. The van der Waals surface area contributed by atoms with E-state index in [9.17, 15) is 4.79 Å². The molecule has 19 heavy (non-hydrogen) atoms. The molecule has 0 bridgehead atoms. The number of carbonyl (C=O) groups excluding carboxylic acids is 1. The third-order valence-electron chi connectivity index (χ3n) is 2.50. The van der Waals surface area contributed by atoms with Gasteiger partial charge in [-0.15, -0.1) is 0 Å². The van der Waals surface area contributed by atoms with E-state index in [2.05, 4.69) is 31.2 Å². The van der Waals surface area contributed by atoms with Gasteiger partial charge in [0.2, 0.25) is 0 Å². The maximum Gasteiger partial charge on any atom is 0.261 e. The first-order chi connectivity index (χ1) is 9.15. The SMILES string of the molecule is CC(Oc1ccc(Br)cc1)C(=O)NCc1cnc[nH]1. The number of amides is 1. The molecule has 1 amide bonds. The monoisotopic (exact) mass is 323 g/mol. The highest BCUT2D eigenvalue weighted by Gasteiger charge is 2.14. The van der Waals surface area contributed by atoms with E-state index < -0.39 is 6.10 Å². The van der Waals surface area contributed by atoms with Crippen molar-refractivity contribution in [3.05, 3.63) is 47.0 Å². The maximum absolute atomic E-state index is 11.8. The molecule has 2 aromatic rings. The van der Waals surface area contributed by atoms with Crippen molar-refractivity contribution in [1.82, 2.24) is 15.3 Å². The van der Waals surface area contributed by atoms with E-state index in [0.29, 0.717) is 12.3 Å². The number of H-pyrrole nitrogens is 1. The summed E-state index contributed by atoms with van der Waals surface area (Å²) in [7, 11) is 0. The van der Waals surface area contributed by atoms with Gasteiger partial charge in [-0.1, -0.05) is 15.9 Å². The molecule has 0 spiro atoms. The zero-order valence-corrected chi connectivity index (χ0v) is 12.0. The Kier molecular flexibility index (Phi) is 4.57. The first kappa shape index (κ1) is 13.6. The van der Waals surface area contributed by atoms with Gasteiger partial charge in [0.25, 0.3) is 5.91 Å². The summed E-state index contributed by atoms with van der Waals surface area (Å²) in [5.41, 5.74) is 0.851. The molecule has 5 nitrogen and oxygen atoms in total. The van der Waals surface area contributed by atoms with Crippen LogP contribution in [0.15, 0.2) is 41.3 Å². The topological polar surface area (TPSA) is 67.0 Å². The molecule has 0 aliphatic heterocycles. The van der Waals surface area contributed by atoms with Gasteiger partial charge in [-0.2, -0.15) is 0 Å². The molecule has 1 unspecified atom stereocenters. The molecule has 0 aliphatic rings. The number of hydrogen-bond donors (Lipinski definition) is 2. The first-order valence-corrected chi connectivity index (χ1v) is 6.61. The quantitative estimate of drug-likeness (QED) is 0.886. The summed E-state index contributed by atoms with van der Waals surface area (Å²) < 4.78 is 6.51. The minimum Gasteiger partial charge on any atom is -0.481 e. The van der Waals surface area contributed by atoms with E-state index in [1.165, 1.54) is 0 Å². The molecule has 2 rings (SSSR count). The number of aromatic amines is 1. The highest BCUT2D eigenvalue weighted by molar-refractivity contribution is 9.10. The lowest BCUT2D eigenvalue weighted by Gasteiger charge is -2.14. The number of ether oxygens (including phenoxy) is 1. The predicted molar refractivity (Wildman–Crippen MR) is 74.7 cm³/mol. The second-order valence-electron chi connectivity index (χ2n) is 4.01. The van der Waals surface area contributed by atoms with Crippen LogP contribution in [-0.4, -0.2) is 22.0 Å². The van der Waals surface area contributed by atoms with Gasteiger partial charge in [0, 0.05) is 10.7 Å². The average molecular weight is 324 g/mol. The van der Waals surface area contributed by atoms with Crippen molar-refractivity contribution < 1.29 is 9.53 Å². The van der Waals surface area contributed by atoms with Crippen LogP contribution in [0.2, 0.25) is 0 Å². The van der Waals surface area contributed by atoms with Gasteiger partial charge in [-0.3, -0.25) is 4.79 Å². The number of nitrogens with zero attached hydrogens (tertiary/aromatic N) is 1. The van der Waals surface area contributed by atoms with Crippen LogP contribution >= 0.6 is 15.9 Å². The van der Waals surface area contributed by atoms with Gasteiger partial charge in [-0.25, -0.2) is 4.98 Å². The van der Waals surface area contributed by atoms with Crippen LogP contribution in [0.4, 0.5) is 0 Å². The van der Waals surface area contributed by atoms with Crippen molar-refractivity contribution in [2.24, 2.45) is 0 Å². The van der Waals surface area contributed by atoms with Gasteiger partial charge >= 0.3 is 0 Å². The van der Waals surface area contributed by atoms with E-state index in [1.807, 2.05) is 24.3 Å². The lowest BCUT2D eigenvalue weighted by atomic mass is 10.3. The van der Waals surface area contributed by atoms with Gasteiger partial charge in [0.1, 0.15) is 5.75 Å². The number of halogens is 1. The standard InChI is InChI=1S/C13H14BrN3O2/c1-9(19-12-4-2-10(14)3-5-12)13(18)16-7-11-6-15-8-17-11/h2-6,8-9H,7H2,1H3,(H,15,17)(H,16,18). The summed E-state index contributed by atoms with van der Waals surface area (Å²) in [6, 6.07) is 7.35. The molecule has 100 valence electrons. The van der Waals surface area contributed by atoms with Crippen LogP contribution in [0, 0.1) is 0 Å². The average Bonchev–Trinajstić information content (AvgIpc) is 2.91. The Morgan fingerprint density at radius 3 is 2.84 bits per heavy atom. The number of imidazole rings is 1.